The molecule has 0 spiro atoms. The van der Waals surface area contributed by atoms with E-state index in [1.54, 1.807) is 12.1 Å². The summed E-state index contributed by atoms with van der Waals surface area (Å²) < 4.78 is 5.88. The van der Waals surface area contributed by atoms with Gasteiger partial charge in [-0.3, -0.25) is 0 Å². The van der Waals surface area contributed by atoms with Gasteiger partial charge in [-0.25, -0.2) is 0 Å². The first-order valence-electron chi connectivity index (χ1n) is 7.03. The third-order valence-corrected chi connectivity index (χ3v) is 3.25. The number of hydrogen-bond donors (Lipinski definition) is 1. The van der Waals surface area contributed by atoms with Gasteiger partial charge < -0.3 is 9.73 Å². The summed E-state index contributed by atoms with van der Waals surface area (Å²) in [7, 11) is 0. The van der Waals surface area contributed by atoms with Crippen LogP contribution in [-0.4, -0.2) is 10.2 Å². The Kier molecular flexibility index (Phi) is 4.27. The molecule has 2 rings (SSSR count). The minimum Gasteiger partial charge on any atom is -0.464 e. The summed E-state index contributed by atoms with van der Waals surface area (Å²) in [6.45, 7) is 8.47. The Balaban J connectivity index is 2.26. The second kappa shape index (κ2) is 5.96. The quantitative estimate of drug-likeness (QED) is 0.926. The van der Waals surface area contributed by atoms with Crippen molar-refractivity contribution in [3.05, 3.63) is 41.5 Å². The van der Waals surface area contributed by atoms with Gasteiger partial charge in [-0.15, -0.1) is 10.2 Å². The van der Waals surface area contributed by atoms with E-state index in [2.05, 4.69) is 43.2 Å². The molecule has 110 valence electrons. The van der Waals surface area contributed by atoms with Crippen molar-refractivity contribution in [1.82, 2.24) is 10.2 Å². The van der Waals surface area contributed by atoms with Gasteiger partial charge >= 0.3 is 0 Å². The number of nitriles is 1. The molecular formula is C16H20N4O. The van der Waals surface area contributed by atoms with E-state index in [9.17, 15) is 0 Å². The topological polar surface area (TPSA) is 74.7 Å². The Morgan fingerprint density at radius 3 is 2.48 bits per heavy atom. The lowest BCUT2D eigenvalue weighted by atomic mass is 9.85. The number of hydrogen-bond acceptors (Lipinski definition) is 5. The monoisotopic (exact) mass is 284 g/mol. The molecule has 5 heteroatoms. The molecule has 0 saturated heterocycles. The van der Waals surface area contributed by atoms with Gasteiger partial charge in [0.2, 0.25) is 0 Å². The van der Waals surface area contributed by atoms with Crippen LogP contribution in [0.5, 0.6) is 0 Å². The zero-order valence-corrected chi connectivity index (χ0v) is 12.8. The molecule has 0 fully saturated rings. The van der Waals surface area contributed by atoms with Gasteiger partial charge in [0.05, 0.1) is 6.04 Å². The highest BCUT2D eigenvalue weighted by molar-refractivity contribution is 5.38. The predicted octanol–water partition coefficient (Wildman–Crippen LogP) is 3.70. The average Bonchev–Trinajstić information content (AvgIpc) is 2.92. The molecule has 2 heterocycles. The van der Waals surface area contributed by atoms with Crippen molar-refractivity contribution in [2.24, 2.45) is 5.41 Å². The Bertz CT molecular complexity index is 632. The van der Waals surface area contributed by atoms with Crippen molar-refractivity contribution >= 4 is 5.82 Å². The van der Waals surface area contributed by atoms with E-state index in [1.165, 1.54) is 0 Å². The van der Waals surface area contributed by atoms with E-state index in [0.29, 0.717) is 11.5 Å². The lowest BCUT2D eigenvalue weighted by molar-refractivity contribution is 0.298. The molecule has 2 aromatic rings. The first kappa shape index (κ1) is 15.0. The van der Waals surface area contributed by atoms with Gasteiger partial charge in [0.1, 0.15) is 23.4 Å². The molecule has 1 N–H and O–H groups in total. The second-order valence-electron chi connectivity index (χ2n) is 6.02. The van der Waals surface area contributed by atoms with Crippen molar-refractivity contribution < 1.29 is 4.42 Å². The van der Waals surface area contributed by atoms with Crippen LogP contribution in [-0.2, 0) is 6.42 Å². The number of rotatable bonds is 4. The number of anilines is 1. The van der Waals surface area contributed by atoms with Crippen molar-refractivity contribution in [3.63, 3.8) is 0 Å². The molecule has 0 saturated carbocycles. The minimum absolute atomic E-state index is 0.0277. The Morgan fingerprint density at radius 2 is 2.00 bits per heavy atom. The normalized spacial score (nSPS) is 12.7. The summed E-state index contributed by atoms with van der Waals surface area (Å²) in [5.41, 5.74) is 0.248. The van der Waals surface area contributed by atoms with Gasteiger partial charge in [0, 0.05) is 6.42 Å². The van der Waals surface area contributed by atoms with Crippen LogP contribution >= 0.6 is 0 Å². The van der Waals surface area contributed by atoms with Crippen LogP contribution in [0.3, 0.4) is 0 Å². The lowest BCUT2D eigenvalue weighted by Gasteiger charge is -2.30. The van der Waals surface area contributed by atoms with E-state index < -0.39 is 0 Å². The number of nitrogens with zero attached hydrogens (tertiary/aromatic N) is 3. The largest absolute Gasteiger partial charge is 0.464 e. The lowest BCUT2D eigenvalue weighted by Crippen LogP contribution is -2.26. The third kappa shape index (κ3) is 3.60. The molecule has 0 aliphatic carbocycles. The van der Waals surface area contributed by atoms with Crippen molar-refractivity contribution in [1.29, 1.82) is 5.26 Å². The highest BCUT2D eigenvalue weighted by Crippen LogP contribution is 2.36. The predicted molar refractivity (Wildman–Crippen MR) is 80.7 cm³/mol. The first-order valence-corrected chi connectivity index (χ1v) is 7.03. The van der Waals surface area contributed by atoms with E-state index in [-0.39, 0.29) is 11.5 Å². The number of aryl methyl sites for hydroxylation is 1. The molecule has 2 aromatic heterocycles. The number of aromatic nitrogens is 2. The van der Waals surface area contributed by atoms with Crippen molar-refractivity contribution in [3.8, 4) is 6.07 Å². The highest BCUT2D eigenvalue weighted by Gasteiger charge is 2.29. The fourth-order valence-corrected chi connectivity index (χ4v) is 2.07. The molecular weight excluding hydrogens is 264 g/mol. The van der Waals surface area contributed by atoms with Crippen LogP contribution in [0.15, 0.2) is 28.7 Å². The maximum absolute atomic E-state index is 8.76. The second-order valence-corrected chi connectivity index (χ2v) is 6.02. The minimum atomic E-state index is -0.0571. The average molecular weight is 284 g/mol. The SMILES string of the molecule is CCc1ccc(C(Nc2ccc(C#N)nn2)C(C)(C)C)o1. The third-order valence-electron chi connectivity index (χ3n) is 3.25. The smallest absolute Gasteiger partial charge is 0.163 e. The molecule has 5 nitrogen and oxygen atoms in total. The summed E-state index contributed by atoms with van der Waals surface area (Å²) >= 11 is 0. The van der Waals surface area contributed by atoms with Crippen LogP contribution in [0, 0.1) is 16.7 Å². The molecule has 0 aromatic carbocycles. The molecule has 21 heavy (non-hydrogen) atoms. The van der Waals surface area contributed by atoms with Crippen molar-refractivity contribution in [2.45, 2.75) is 40.2 Å². The fraction of sp³-hybridized carbons (Fsp3) is 0.438. The molecule has 0 aliphatic heterocycles. The number of nitrogens with one attached hydrogen (secondary N) is 1. The molecule has 0 bridgehead atoms. The van der Waals surface area contributed by atoms with Gasteiger partial charge in [-0.2, -0.15) is 5.26 Å². The maximum atomic E-state index is 8.76. The van der Waals surface area contributed by atoms with Crippen LogP contribution in [0.4, 0.5) is 5.82 Å². The molecule has 1 atom stereocenters. The summed E-state index contributed by atoms with van der Waals surface area (Å²) in [4.78, 5) is 0. The van der Waals surface area contributed by atoms with E-state index in [1.807, 2.05) is 18.2 Å². The highest BCUT2D eigenvalue weighted by atomic mass is 16.3. The fourth-order valence-electron chi connectivity index (χ4n) is 2.07. The van der Waals surface area contributed by atoms with E-state index >= 15 is 0 Å². The molecule has 0 radical (unpaired) electrons. The number of furan rings is 1. The molecule has 1 unspecified atom stereocenters. The van der Waals surface area contributed by atoms with Crippen LogP contribution in [0.1, 0.15) is 51.0 Å². The van der Waals surface area contributed by atoms with Gasteiger partial charge in [-0.1, -0.05) is 27.7 Å². The van der Waals surface area contributed by atoms with Crippen LogP contribution in [0.25, 0.3) is 0 Å². The van der Waals surface area contributed by atoms with E-state index in [4.69, 9.17) is 9.68 Å². The van der Waals surface area contributed by atoms with Gasteiger partial charge in [-0.05, 0) is 29.7 Å². The summed E-state index contributed by atoms with van der Waals surface area (Å²) in [6.07, 6.45) is 0.869. The summed E-state index contributed by atoms with van der Waals surface area (Å²) in [5, 5.41) is 20.0. The van der Waals surface area contributed by atoms with Gasteiger partial charge in [0.15, 0.2) is 5.69 Å². The van der Waals surface area contributed by atoms with Gasteiger partial charge in [0.25, 0.3) is 0 Å². The van der Waals surface area contributed by atoms with E-state index in [0.717, 1.165) is 17.9 Å². The maximum Gasteiger partial charge on any atom is 0.163 e. The first-order chi connectivity index (χ1) is 9.94. The Labute approximate surface area is 125 Å². The Morgan fingerprint density at radius 1 is 1.24 bits per heavy atom. The summed E-state index contributed by atoms with van der Waals surface area (Å²) in [6, 6.07) is 9.34. The zero-order valence-electron chi connectivity index (χ0n) is 12.8. The van der Waals surface area contributed by atoms with Crippen LogP contribution in [0.2, 0.25) is 0 Å². The zero-order chi connectivity index (χ0) is 15.5. The summed E-state index contributed by atoms with van der Waals surface area (Å²) in [5.74, 6) is 2.47. The van der Waals surface area contributed by atoms with Crippen LogP contribution < -0.4 is 5.32 Å². The van der Waals surface area contributed by atoms with Crippen molar-refractivity contribution in [2.75, 3.05) is 5.32 Å². The Hall–Kier alpha value is -2.35. The molecule has 0 aliphatic rings. The molecule has 0 amide bonds. The standard InChI is InChI=1S/C16H20N4O/c1-5-12-7-8-13(21-12)15(16(2,3)4)18-14-9-6-11(10-17)19-20-14/h6-9,15H,5H2,1-4H3,(H,18,20).